The van der Waals surface area contributed by atoms with Crippen molar-refractivity contribution in [3.05, 3.63) is 10.8 Å². The molecule has 0 fully saturated rings. The van der Waals surface area contributed by atoms with Gasteiger partial charge in [0.15, 0.2) is 0 Å². The highest BCUT2D eigenvalue weighted by molar-refractivity contribution is 9.10. The third-order valence-corrected chi connectivity index (χ3v) is 4.12. The average molecular weight is 319 g/mol. The highest BCUT2D eigenvalue weighted by atomic mass is 79.9. The first-order valence-electron chi connectivity index (χ1n) is 5.51. The van der Waals surface area contributed by atoms with Crippen LogP contribution in [0.25, 0.3) is 0 Å². The third kappa shape index (κ3) is 3.74. The standard InChI is InChI=1S/C11H19BrN4S/c1-8(5-6-17-4)16(3)11-9(12)10(13-2)14-7-15-11/h7-8H,5-6H2,1-4H3,(H,13,14,15). The third-order valence-electron chi connectivity index (χ3n) is 2.74. The van der Waals surface area contributed by atoms with E-state index in [0.29, 0.717) is 6.04 Å². The molecule has 17 heavy (non-hydrogen) atoms. The Morgan fingerprint density at radius 3 is 2.82 bits per heavy atom. The number of nitrogens with one attached hydrogen (secondary N) is 1. The zero-order valence-electron chi connectivity index (χ0n) is 10.7. The van der Waals surface area contributed by atoms with Crippen LogP contribution in [0.1, 0.15) is 13.3 Å². The van der Waals surface area contributed by atoms with E-state index < -0.39 is 0 Å². The Morgan fingerprint density at radius 2 is 2.24 bits per heavy atom. The van der Waals surface area contributed by atoms with Gasteiger partial charge >= 0.3 is 0 Å². The van der Waals surface area contributed by atoms with Gasteiger partial charge in [0, 0.05) is 20.1 Å². The topological polar surface area (TPSA) is 41.1 Å². The SMILES string of the molecule is CNc1ncnc(N(C)C(C)CCSC)c1Br. The van der Waals surface area contributed by atoms with E-state index in [1.165, 1.54) is 0 Å². The number of hydrogen-bond donors (Lipinski definition) is 1. The van der Waals surface area contributed by atoms with Gasteiger partial charge in [0.25, 0.3) is 0 Å². The molecule has 1 aromatic rings. The molecule has 0 aliphatic heterocycles. The van der Waals surface area contributed by atoms with Gasteiger partial charge in [-0.05, 0) is 41.3 Å². The number of aromatic nitrogens is 2. The predicted molar refractivity (Wildman–Crippen MR) is 80.1 cm³/mol. The van der Waals surface area contributed by atoms with Crippen LogP contribution in [0.5, 0.6) is 0 Å². The van der Waals surface area contributed by atoms with Crippen LogP contribution < -0.4 is 10.2 Å². The molecular formula is C11H19BrN4S. The minimum Gasteiger partial charge on any atom is -0.372 e. The maximum atomic E-state index is 4.34. The van der Waals surface area contributed by atoms with Gasteiger partial charge in [-0.15, -0.1) is 0 Å². The Labute approximate surface area is 116 Å². The van der Waals surface area contributed by atoms with Crippen molar-refractivity contribution in [1.82, 2.24) is 9.97 Å². The van der Waals surface area contributed by atoms with E-state index in [2.05, 4.69) is 56.3 Å². The van der Waals surface area contributed by atoms with Crippen molar-refractivity contribution in [2.24, 2.45) is 0 Å². The van der Waals surface area contributed by atoms with E-state index in [4.69, 9.17) is 0 Å². The van der Waals surface area contributed by atoms with Crippen LogP contribution >= 0.6 is 27.7 Å². The van der Waals surface area contributed by atoms with Crippen LogP contribution in [-0.2, 0) is 0 Å². The van der Waals surface area contributed by atoms with E-state index in [1.54, 1.807) is 6.33 Å². The molecule has 0 bridgehead atoms. The summed E-state index contributed by atoms with van der Waals surface area (Å²) in [4.78, 5) is 10.7. The van der Waals surface area contributed by atoms with Crippen molar-refractivity contribution in [3.8, 4) is 0 Å². The van der Waals surface area contributed by atoms with Crippen molar-refractivity contribution in [2.75, 3.05) is 36.3 Å². The van der Waals surface area contributed by atoms with Crippen molar-refractivity contribution >= 4 is 39.3 Å². The van der Waals surface area contributed by atoms with Crippen LogP contribution in [0.2, 0.25) is 0 Å². The molecule has 1 aromatic heterocycles. The zero-order valence-corrected chi connectivity index (χ0v) is 13.1. The maximum absolute atomic E-state index is 4.34. The van der Waals surface area contributed by atoms with Crippen LogP contribution in [0.4, 0.5) is 11.6 Å². The highest BCUT2D eigenvalue weighted by Crippen LogP contribution is 2.29. The number of hydrogen-bond acceptors (Lipinski definition) is 5. The zero-order chi connectivity index (χ0) is 12.8. The average Bonchev–Trinajstić information content (AvgIpc) is 2.35. The van der Waals surface area contributed by atoms with E-state index in [1.807, 2.05) is 18.8 Å². The molecule has 0 aliphatic rings. The summed E-state index contributed by atoms with van der Waals surface area (Å²) >= 11 is 5.42. The first-order chi connectivity index (χ1) is 8.11. The van der Waals surface area contributed by atoms with Crippen LogP contribution in [0, 0.1) is 0 Å². The lowest BCUT2D eigenvalue weighted by atomic mass is 10.2. The van der Waals surface area contributed by atoms with Crippen molar-refractivity contribution < 1.29 is 0 Å². The fourth-order valence-corrected chi connectivity index (χ4v) is 2.73. The van der Waals surface area contributed by atoms with E-state index in [9.17, 15) is 0 Å². The van der Waals surface area contributed by atoms with Gasteiger partial charge in [0.05, 0.1) is 0 Å². The summed E-state index contributed by atoms with van der Waals surface area (Å²) in [6.45, 7) is 2.21. The Bertz CT molecular complexity index is 361. The van der Waals surface area contributed by atoms with Gasteiger partial charge in [-0.1, -0.05) is 0 Å². The minimum absolute atomic E-state index is 0.457. The molecular weight excluding hydrogens is 300 g/mol. The molecule has 4 nitrogen and oxygen atoms in total. The van der Waals surface area contributed by atoms with E-state index in [0.717, 1.165) is 28.3 Å². The van der Waals surface area contributed by atoms with Gasteiger partial charge in [-0.25, -0.2) is 9.97 Å². The lowest BCUT2D eigenvalue weighted by Gasteiger charge is -2.27. The minimum atomic E-state index is 0.457. The fourth-order valence-electron chi connectivity index (χ4n) is 1.47. The Morgan fingerprint density at radius 1 is 1.53 bits per heavy atom. The van der Waals surface area contributed by atoms with E-state index >= 15 is 0 Å². The molecule has 1 heterocycles. The molecule has 1 N–H and O–H groups in total. The van der Waals surface area contributed by atoms with Crippen LogP contribution in [0.3, 0.4) is 0 Å². The summed E-state index contributed by atoms with van der Waals surface area (Å²) in [5.41, 5.74) is 0. The number of halogens is 1. The first-order valence-corrected chi connectivity index (χ1v) is 7.70. The summed E-state index contributed by atoms with van der Waals surface area (Å²) < 4.78 is 0.918. The number of nitrogens with zero attached hydrogens (tertiary/aromatic N) is 3. The van der Waals surface area contributed by atoms with Gasteiger partial charge in [-0.3, -0.25) is 0 Å². The Balaban J connectivity index is 2.84. The molecule has 1 unspecified atom stereocenters. The Hall–Kier alpha value is -0.490. The molecule has 0 aliphatic carbocycles. The lowest BCUT2D eigenvalue weighted by molar-refractivity contribution is 0.660. The van der Waals surface area contributed by atoms with Crippen molar-refractivity contribution in [1.29, 1.82) is 0 Å². The fraction of sp³-hybridized carbons (Fsp3) is 0.636. The highest BCUT2D eigenvalue weighted by Gasteiger charge is 2.16. The molecule has 0 aromatic carbocycles. The second-order valence-electron chi connectivity index (χ2n) is 3.85. The molecule has 0 radical (unpaired) electrons. The normalized spacial score (nSPS) is 12.3. The van der Waals surface area contributed by atoms with E-state index in [-0.39, 0.29) is 0 Å². The van der Waals surface area contributed by atoms with Crippen molar-refractivity contribution in [2.45, 2.75) is 19.4 Å². The summed E-state index contributed by atoms with van der Waals surface area (Å²) in [6.07, 6.45) is 4.86. The second kappa shape index (κ2) is 7.06. The van der Waals surface area contributed by atoms with Crippen LogP contribution in [0.15, 0.2) is 10.8 Å². The quantitative estimate of drug-likeness (QED) is 0.873. The van der Waals surface area contributed by atoms with Crippen LogP contribution in [-0.4, -0.2) is 42.1 Å². The monoisotopic (exact) mass is 318 g/mol. The molecule has 0 spiro atoms. The second-order valence-corrected chi connectivity index (χ2v) is 5.63. The molecule has 0 saturated carbocycles. The van der Waals surface area contributed by atoms with Crippen molar-refractivity contribution in [3.63, 3.8) is 0 Å². The molecule has 0 saturated heterocycles. The van der Waals surface area contributed by atoms with Gasteiger partial charge in [0.1, 0.15) is 22.4 Å². The summed E-state index contributed by atoms with van der Waals surface area (Å²) in [7, 11) is 3.92. The molecule has 96 valence electrons. The predicted octanol–water partition coefficient (Wildman–Crippen LogP) is 2.86. The lowest BCUT2D eigenvalue weighted by Crippen LogP contribution is -2.30. The molecule has 1 rings (SSSR count). The number of thioether (sulfide) groups is 1. The smallest absolute Gasteiger partial charge is 0.148 e. The Kier molecular flexibility index (Phi) is 6.05. The number of anilines is 2. The summed E-state index contributed by atoms with van der Waals surface area (Å²) in [5, 5.41) is 3.04. The summed E-state index contributed by atoms with van der Waals surface area (Å²) in [6, 6.07) is 0.457. The number of rotatable bonds is 6. The molecule has 1 atom stereocenters. The largest absolute Gasteiger partial charge is 0.372 e. The summed E-state index contributed by atoms with van der Waals surface area (Å²) in [5.74, 6) is 2.91. The molecule has 0 amide bonds. The maximum Gasteiger partial charge on any atom is 0.148 e. The van der Waals surface area contributed by atoms with Gasteiger partial charge in [0.2, 0.25) is 0 Å². The first kappa shape index (κ1) is 14.6. The molecule has 6 heteroatoms. The van der Waals surface area contributed by atoms with Gasteiger partial charge in [-0.2, -0.15) is 11.8 Å². The van der Waals surface area contributed by atoms with Gasteiger partial charge < -0.3 is 10.2 Å².